The summed E-state index contributed by atoms with van der Waals surface area (Å²) in [4.78, 5) is 28.4. The lowest BCUT2D eigenvalue weighted by molar-refractivity contribution is -0.134. The second-order valence-corrected chi connectivity index (χ2v) is 7.08. The number of benzene rings is 2. The van der Waals surface area contributed by atoms with Crippen molar-refractivity contribution < 1.29 is 19.1 Å². The Bertz CT molecular complexity index is 867. The van der Waals surface area contributed by atoms with E-state index in [9.17, 15) is 9.59 Å². The summed E-state index contributed by atoms with van der Waals surface area (Å²) in [6.45, 7) is 1.75. The molecule has 148 valence electrons. The van der Waals surface area contributed by atoms with E-state index in [1.54, 1.807) is 59.4 Å². The Hall–Kier alpha value is -2.44. The van der Waals surface area contributed by atoms with Crippen LogP contribution in [0.2, 0.25) is 10.0 Å². The highest BCUT2D eigenvalue weighted by molar-refractivity contribution is 6.42. The molecule has 0 radical (unpaired) electrons. The van der Waals surface area contributed by atoms with Crippen molar-refractivity contribution in [3.05, 3.63) is 58.1 Å². The van der Waals surface area contributed by atoms with E-state index < -0.39 is 0 Å². The van der Waals surface area contributed by atoms with E-state index in [1.165, 1.54) is 0 Å². The molecule has 3 rings (SSSR count). The lowest BCUT2D eigenvalue weighted by atomic mass is 10.1. The number of rotatable bonds is 5. The molecule has 0 spiro atoms. The van der Waals surface area contributed by atoms with Crippen LogP contribution in [0.4, 0.5) is 0 Å². The third kappa shape index (κ3) is 4.88. The van der Waals surface area contributed by atoms with Gasteiger partial charge in [0.2, 0.25) is 0 Å². The van der Waals surface area contributed by atoms with Crippen molar-refractivity contribution in [1.29, 1.82) is 0 Å². The molecular weight excluding hydrogens is 403 g/mol. The molecule has 8 heteroatoms. The molecule has 0 bridgehead atoms. The molecule has 0 aliphatic carbocycles. The summed E-state index contributed by atoms with van der Waals surface area (Å²) in [5.41, 5.74) is 0.571. The normalized spacial score (nSPS) is 14.0. The van der Waals surface area contributed by atoms with E-state index in [0.29, 0.717) is 53.3 Å². The zero-order valence-corrected chi connectivity index (χ0v) is 16.9. The maximum Gasteiger partial charge on any atom is 0.260 e. The number of nitrogens with zero attached hydrogens (tertiary/aromatic N) is 2. The summed E-state index contributed by atoms with van der Waals surface area (Å²) >= 11 is 11.8. The first-order chi connectivity index (χ1) is 13.5. The van der Waals surface area contributed by atoms with Gasteiger partial charge in [-0.1, -0.05) is 29.3 Å². The van der Waals surface area contributed by atoms with Crippen molar-refractivity contribution >= 4 is 35.0 Å². The third-order valence-electron chi connectivity index (χ3n) is 4.49. The molecule has 0 aromatic heterocycles. The zero-order chi connectivity index (χ0) is 20.1. The number of methoxy groups -OCH3 is 1. The molecule has 2 aromatic carbocycles. The van der Waals surface area contributed by atoms with Crippen LogP contribution in [0, 0.1) is 0 Å². The Morgan fingerprint density at radius 1 is 0.929 bits per heavy atom. The monoisotopic (exact) mass is 422 g/mol. The van der Waals surface area contributed by atoms with Gasteiger partial charge in [-0.25, -0.2) is 0 Å². The van der Waals surface area contributed by atoms with Crippen molar-refractivity contribution in [3.8, 4) is 11.5 Å². The minimum Gasteiger partial charge on any atom is -0.497 e. The highest BCUT2D eigenvalue weighted by atomic mass is 35.5. The fourth-order valence-electron chi connectivity index (χ4n) is 2.90. The number of hydrogen-bond acceptors (Lipinski definition) is 4. The van der Waals surface area contributed by atoms with Gasteiger partial charge in [0.05, 0.1) is 17.2 Å². The van der Waals surface area contributed by atoms with Gasteiger partial charge in [-0.2, -0.15) is 0 Å². The van der Waals surface area contributed by atoms with Crippen LogP contribution in [-0.2, 0) is 4.79 Å². The van der Waals surface area contributed by atoms with Crippen LogP contribution in [0.1, 0.15) is 10.4 Å². The van der Waals surface area contributed by atoms with Crippen LogP contribution < -0.4 is 9.47 Å². The molecule has 1 fully saturated rings. The van der Waals surface area contributed by atoms with Crippen LogP contribution in [0.25, 0.3) is 0 Å². The molecule has 1 aliphatic heterocycles. The number of ether oxygens (including phenoxy) is 2. The molecule has 1 heterocycles. The topological polar surface area (TPSA) is 59.1 Å². The van der Waals surface area contributed by atoms with Gasteiger partial charge in [0.25, 0.3) is 11.8 Å². The number of halogens is 2. The number of carbonyl (C=O) groups is 2. The summed E-state index contributed by atoms with van der Waals surface area (Å²) in [7, 11) is 1.56. The Balaban J connectivity index is 1.50. The standard InChI is InChI=1S/C20H20Cl2N2O4/c1-27-15-4-2-3-14(11-15)20(26)24-9-7-23(8-10-24)19(25)13-28-16-5-6-17(21)18(22)12-16/h2-6,11-12H,7-10,13H2,1H3. The van der Waals surface area contributed by atoms with Gasteiger partial charge in [-0.05, 0) is 30.3 Å². The molecule has 28 heavy (non-hydrogen) atoms. The Labute approximate surface area is 173 Å². The highest BCUT2D eigenvalue weighted by Gasteiger charge is 2.25. The largest absolute Gasteiger partial charge is 0.497 e. The lowest BCUT2D eigenvalue weighted by Crippen LogP contribution is -2.51. The fourth-order valence-corrected chi connectivity index (χ4v) is 3.19. The average Bonchev–Trinajstić information content (AvgIpc) is 2.74. The molecule has 6 nitrogen and oxygen atoms in total. The van der Waals surface area contributed by atoms with Gasteiger partial charge in [-0.3, -0.25) is 9.59 Å². The lowest BCUT2D eigenvalue weighted by Gasteiger charge is -2.34. The van der Waals surface area contributed by atoms with Crippen molar-refractivity contribution in [3.63, 3.8) is 0 Å². The van der Waals surface area contributed by atoms with Gasteiger partial charge in [-0.15, -0.1) is 0 Å². The average molecular weight is 423 g/mol. The first-order valence-corrected chi connectivity index (χ1v) is 9.52. The van der Waals surface area contributed by atoms with Crippen LogP contribution in [0.15, 0.2) is 42.5 Å². The van der Waals surface area contributed by atoms with Crippen molar-refractivity contribution in [2.75, 3.05) is 39.9 Å². The fraction of sp³-hybridized carbons (Fsp3) is 0.300. The predicted molar refractivity (Wildman–Crippen MR) is 107 cm³/mol. The number of hydrogen-bond donors (Lipinski definition) is 0. The molecule has 0 unspecified atom stereocenters. The Kier molecular flexibility index (Phi) is 6.65. The maximum atomic E-state index is 12.6. The summed E-state index contributed by atoms with van der Waals surface area (Å²) in [6, 6.07) is 11.9. The van der Waals surface area contributed by atoms with Crippen LogP contribution in [-0.4, -0.2) is 61.5 Å². The van der Waals surface area contributed by atoms with Crippen LogP contribution in [0.5, 0.6) is 11.5 Å². The smallest absolute Gasteiger partial charge is 0.260 e. The highest BCUT2D eigenvalue weighted by Crippen LogP contribution is 2.26. The second-order valence-electron chi connectivity index (χ2n) is 6.27. The Morgan fingerprint density at radius 2 is 1.64 bits per heavy atom. The van der Waals surface area contributed by atoms with Crippen molar-refractivity contribution in [2.24, 2.45) is 0 Å². The maximum absolute atomic E-state index is 12.6. The first-order valence-electron chi connectivity index (χ1n) is 8.77. The van der Waals surface area contributed by atoms with E-state index >= 15 is 0 Å². The molecular formula is C20H20Cl2N2O4. The van der Waals surface area contributed by atoms with Gasteiger partial charge in [0, 0.05) is 37.8 Å². The molecule has 0 saturated carbocycles. The molecule has 1 saturated heterocycles. The number of piperazine rings is 1. The minimum absolute atomic E-state index is 0.0712. The van der Waals surface area contributed by atoms with Gasteiger partial charge < -0.3 is 19.3 Å². The molecule has 0 atom stereocenters. The van der Waals surface area contributed by atoms with Crippen molar-refractivity contribution in [1.82, 2.24) is 9.80 Å². The first kappa shape index (κ1) is 20.3. The van der Waals surface area contributed by atoms with Crippen molar-refractivity contribution in [2.45, 2.75) is 0 Å². The molecule has 2 aromatic rings. The van der Waals surface area contributed by atoms with Gasteiger partial charge >= 0.3 is 0 Å². The van der Waals surface area contributed by atoms with Crippen LogP contribution in [0.3, 0.4) is 0 Å². The molecule has 1 aliphatic rings. The summed E-state index contributed by atoms with van der Waals surface area (Å²) in [5.74, 6) is 0.909. The minimum atomic E-state index is -0.139. The van der Waals surface area contributed by atoms with E-state index in [-0.39, 0.29) is 18.4 Å². The summed E-state index contributed by atoms with van der Waals surface area (Å²) < 4.78 is 10.7. The quantitative estimate of drug-likeness (QED) is 0.740. The van der Waals surface area contributed by atoms with E-state index in [0.717, 1.165) is 0 Å². The second kappa shape index (κ2) is 9.17. The summed E-state index contributed by atoms with van der Waals surface area (Å²) in [6.07, 6.45) is 0. The number of carbonyl (C=O) groups excluding carboxylic acids is 2. The Morgan fingerprint density at radius 3 is 2.32 bits per heavy atom. The third-order valence-corrected chi connectivity index (χ3v) is 5.23. The van der Waals surface area contributed by atoms with E-state index in [4.69, 9.17) is 32.7 Å². The molecule has 2 amide bonds. The SMILES string of the molecule is COc1cccc(C(=O)N2CCN(C(=O)COc3ccc(Cl)c(Cl)c3)CC2)c1. The van der Waals surface area contributed by atoms with E-state index in [1.807, 2.05) is 0 Å². The van der Waals surface area contributed by atoms with E-state index in [2.05, 4.69) is 0 Å². The zero-order valence-electron chi connectivity index (χ0n) is 15.4. The predicted octanol–water partition coefficient (Wildman–Crippen LogP) is 3.37. The van der Waals surface area contributed by atoms with Crippen LogP contribution >= 0.6 is 23.2 Å². The number of amides is 2. The summed E-state index contributed by atoms with van der Waals surface area (Å²) in [5, 5.41) is 0.799. The molecule has 0 N–H and O–H groups in total. The van der Waals surface area contributed by atoms with Gasteiger partial charge in [0.15, 0.2) is 6.61 Å². The van der Waals surface area contributed by atoms with Gasteiger partial charge in [0.1, 0.15) is 11.5 Å².